The van der Waals surface area contributed by atoms with E-state index >= 15 is 0 Å². The van der Waals surface area contributed by atoms with Gasteiger partial charge < -0.3 is 5.11 Å². The SMILES string of the molecule is CCCCCCCCCCCCCCCCCCCCCC(=O)O.[Fe]. The summed E-state index contributed by atoms with van der Waals surface area (Å²) in [7, 11) is 0. The molecule has 0 atom stereocenters. The van der Waals surface area contributed by atoms with E-state index in [4.69, 9.17) is 5.11 Å². The first-order valence-electron chi connectivity index (χ1n) is 11.0. The van der Waals surface area contributed by atoms with Crippen molar-refractivity contribution in [2.24, 2.45) is 0 Å². The third-order valence-corrected chi connectivity index (χ3v) is 4.99. The molecule has 0 saturated carbocycles. The van der Waals surface area contributed by atoms with Crippen LogP contribution in [0.2, 0.25) is 0 Å². The van der Waals surface area contributed by atoms with Gasteiger partial charge in [-0.05, 0) is 6.42 Å². The summed E-state index contributed by atoms with van der Waals surface area (Å²) in [6.45, 7) is 2.28. The van der Waals surface area contributed by atoms with E-state index in [1.165, 1.54) is 109 Å². The average Bonchev–Trinajstić information content (AvgIpc) is 2.56. The second kappa shape index (κ2) is 24.0. The number of unbranched alkanes of at least 4 members (excludes halogenated alkanes) is 18. The largest absolute Gasteiger partial charge is 0.481 e. The van der Waals surface area contributed by atoms with Crippen molar-refractivity contribution in [3.8, 4) is 0 Å². The van der Waals surface area contributed by atoms with Gasteiger partial charge in [-0.15, -0.1) is 0 Å². The van der Waals surface area contributed by atoms with Crippen molar-refractivity contribution in [2.45, 2.75) is 135 Å². The molecule has 0 aromatic carbocycles. The number of hydrogen-bond donors (Lipinski definition) is 1. The van der Waals surface area contributed by atoms with E-state index in [0.29, 0.717) is 6.42 Å². The third kappa shape index (κ3) is 26.3. The van der Waals surface area contributed by atoms with Crippen molar-refractivity contribution >= 4 is 5.97 Å². The van der Waals surface area contributed by atoms with Crippen LogP contribution in [0.4, 0.5) is 0 Å². The maximum absolute atomic E-state index is 10.4. The molecule has 1 N–H and O–H groups in total. The van der Waals surface area contributed by atoms with Crippen LogP contribution in [0.5, 0.6) is 0 Å². The first-order chi connectivity index (χ1) is 11.8. The Morgan fingerprint density at radius 3 is 1.00 bits per heavy atom. The minimum Gasteiger partial charge on any atom is -0.481 e. The van der Waals surface area contributed by atoms with Gasteiger partial charge in [0.25, 0.3) is 0 Å². The summed E-state index contributed by atoms with van der Waals surface area (Å²) in [6, 6.07) is 0. The Morgan fingerprint density at radius 1 is 0.520 bits per heavy atom. The maximum atomic E-state index is 10.4. The van der Waals surface area contributed by atoms with Crippen LogP contribution in [0.25, 0.3) is 0 Å². The Balaban J connectivity index is 0. The molecular weight excluding hydrogens is 352 g/mol. The maximum Gasteiger partial charge on any atom is 0.303 e. The summed E-state index contributed by atoms with van der Waals surface area (Å²) in [4.78, 5) is 10.4. The standard InChI is InChI=1S/C22H44O2.Fe/c1-2-3-4-5-6-7-8-9-10-11-12-13-14-15-16-17-18-19-20-21-22(23)24;/h2-21H2,1H3,(H,23,24);. The molecule has 25 heavy (non-hydrogen) atoms. The molecule has 0 bridgehead atoms. The molecule has 0 fully saturated rings. The van der Waals surface area contributed by atoms with Gasteiger partial charge in [0.15, 0.2) is 0 Å². The molecule has 0 aliphatic heterocycles. The number of carboxylic acids is 1. The zero-order chi connectivity index (χ0) is 17.7. The smallest absolute Gasteiger partial charge is 0.303 e. The van der Waals surface area contributed by atoms with Gasteiger partial charge in [0.1, 0.15) is 0 Å². The van der Waals surface area contributed by atoms with Crippen LogP contribution < -0.4 is 0 Å². The Bertz CT molecular complexity index is 256. The van der Waals surface area contributed by atoms with Crippen molar-refractivity contribution < 1.29 is 27.0 Å². The van der Waals surface area contributed by atoms with Crippen molar-refractivity contribution in [2.75, 3.05) is 0 Å². The predicted molar refractivity (Wildman–Crippen MR) is 106 cm³/mol. The first-order valence-corrected chi connectivity index (χ1v) is 11.0. The summed E-state index contributed by atoms with van der Waals surface area (Å²) >= 11 is 0. The molecule has 0 aliphatic rings. The number of carbonyl (C=O) groups is 1. The van der Waals surface area contributed by atoms with E-state index in [1.807, 2.05) is 0 Å². The van der Waals surface area contributed by atoms with Gasteiger partial charge in [-0.25, -0.2) is 0 Å². The summed E-state index contributed by atoms with van der Waals surface area (Å²) < 4.78 is 0. The molecule has 0 spiro atoms. The topological polar surface area (TPSA) is 37.3 Å². The van der Waals surface area contributed by atoms with Crippen LogP contribution in [0.15, 0.2) is 0 Å². The van der Waals surface area contributed by atoms with Crippen LogP contribution in [0.3, 0.4) is 0 Å². The van der Waals surface area contributed by atoms with Gasteiger partial charge in [-0.2, -0.15) is 0 Å². The van der Waals surface area contributed by atoms with Crippen LogP contribution in [0, 0.1) is 0 Å². The van der Waals surface area contributed by atoms with Crippen molar-refractivity contribution in [3.63, 3.8) is 0 Å². The number of carboxylic acid groups (broad SMARTS) is 1. The van der Waals surface area contributed by atoms with Crippen molar-refractivity contribution in [1.82, 2.24) is 0 Å². The van der Waals surface area contributed by atoms with Gasteiger partial charge in [-0.1, -0.05) is 122 Å². The summed E-state index contributed by atoms with van der Waals surface area (Å²) in [6.07, 6.45) is 26.1. The summed E-state index contributed by atoms with van der Waals surface area (Å²) in [5.74, 6) is -0.651. The van der Waals surface area contributed by atoms with Crippen LogP contribution in [-0.2, 0) is 21.9 Å². The van der Waals surface area contributed by atoms with E-state index in [-0.39, 0.29) is 17.1 Å². The van der Waals surface area contributed by atoms with Gasteiger partial charge >= 0.3 is 5.97 Å². The fourth-order valence-electron chi connectivity index (χ4n) is 3.35. The van der Waals surface area contributed by atoms with Crippen molar-refractivity contribution in [3.05, 3.63) is 0 Å². The minimum absolute atomic E-state index is 0. The zero-order valence-corrected chi connectivity index (χ0v) is 18.0. The zero-order valence-electron chi connectivity index (χ0n) is 16.9. The number of hydrogen-bond acceptors (Lipinski definition) is 1. The quantitative estimate of drug-likeness (QED) is 0.168. The molecule has 0 radical (unpaired) electrons. The molecular formula is C22H44FeO2. The summed E-state index contributed by atoms with van der Waals surface area (Å²) in [5, 5.41) is 8.56. The van der Waals surface area contributed by atoms with E-state index < -0.39 is 5.97 Å². The van der Waals surface area contributed by atoms with Gasteiger partial charge in [-0.3, -0.25) is 4.79 Å². The second-order valence-corrected chi connectivity index (χ2v) is 7.51. The fourth-order valence-corrected chi connectivity index (χ4v) is 3.35. The molecule has 0 amide bonds. The van der Waals surface area contributed by atoms with Crippen molar-refractivity contribution in [1.29, 1.82) is 0 Å². The molecule has 0 unspecified atom stereocenters. The van der Waals surface area contributed by atoms with E-state index in [0.717, 1.165) is 12.8 Å². The molecule has 0 aromatic heterocycles. The molecule has 0 saturated heterocycles. The van der Waals surface area contributed by atoms with Gasteiger partial charge in [0.05, 0.1) is 0 Å². The van der Waals surface area contributed by atoms with E-state index in [1.54, 1.807) is 0 Å². The Morgan fingerprint density at radius 2 is 0.760 bits per heavy atom. The molecule has 2 nitrogen and oxygen atoms in total. The van der Waals surface area contributed by atoms with Crippen LogP contribution in [0.1, 0.15) is 135 Å². The van der Waals surface area contributed by atoms with Gasteiger partial charge in [0.2, 0.25) is 0 Å². The molecule has 0 aliphatic carbocycles. The predicted octanol–water partition coefficient (Wildman–Crippen LogP) is 7.89. The Labute approximate surface area is 168 Å². The van der Waals surface area contributed by atoms with Gasteiger partial charge in [0, 0.05) is 23.5 Å². The normalized spacial score (nSPS) is 10.6. The number of rotatable bonds is 20. The molecule has 3 heteroatoms. The minimum atomic E-state index is -0.651. The van der Waals surface area contributed by atoms with E-state index in [2.05, 4.69) is 6.92 Å². The first kappa shape index (κ1) is 27.2. The Hall–Kier alpha value is -0.0105. The molecule has 0 heterocycles. The molecule has 0 aromatic rings. The fraction of sp³-hybridized carbons (Fsp3) is 0.955. The van der Waals surface area contributed by atoms with E-state index in [9.17, 15) is 4.79 Å². The monoisotopic (exact) mass is 396 g/mol. The van der Waals surface area contributed by atoms with Crippen LogP contribution >= 0.6 is 0 Å². The number of aliphatic carboxylic acids is 1. The van der Waals surface area contributed by atoms with Crippen LogP contribution in [-0.4, -0.2) is 11.1 Å². The second-order valence-electron chi connectivity index (χ2n) is 7.51. The summed E-state index contributed by atoms with van der Waals surface area (Å²) in [5.41, 5.74) is 0. The molecule has 0 rings (SSSR count). The molecule has 152 valence electrons. The third-order valence-electron chi connectivity index (χ3n) is 4.99. The Kier molecular flexibility index (Phi) is 26.1. The average molecular weight is 396 g/mol.